The molecule has 1 aromatic carbocycles. The maximum Gasteiger partial charge on any atom is 0.129 e. The van der Waals surface area contributed by atoms with E-state index in [9.17, 15) is 9.50 Å². The first-order valence-electron chi connectivity index (χ1n) is 6.84. The van der Waals surface area contributed by atoms with Crippen LogP contribution in [-0.2, 0) is 4.74 Å². The van der Waals surface area contributed by atoms with E-state index in [1.54, 1.807) is 18.6 Å². The smallest absolute Gasteiger partial charge is 0.129 e. The first-order chi connectivity index (χ1) is 9.77. The van der Waals surface area contributed by atoms with E-state index in [4.69, 9.17) is 4.74 Å². The Morgan fingerprint density at radius 1 is 1.40 bits per heavy atom. The average molecular weight is 274 g/mol. The highest BCUT2D eigenvalue weighted by Gasteiger charge is 2.40. The normalized spacial score (nSPS) is 28.2. The third-order valence-corrected chi connectivity index (χ3v) is 4.37. The van der Waals surface area contributed by atoms with Crippen LogP contribution in [0.1, 0.15) is 18.0 Å². The third kappa shape index (κ3) is 1.57. The lowest BCUT2D eigenvalue weighted by atomic mass is 9.85. The summed E-state index contributed by atoms with van der Waals surface area (Å²) in [6.45, 7) is 0.918. The molecule has 4 nitrogen and oxygen atoms in total. The number of imidazole rings is 1. The Morgan fingerprint density at radius 2 is 2.30 bits per heavy atom. The van der Waals surface area contributed by atoms with Crippen molar-refractivity contribution in [3.8, 4) is 11.3 Å². The van der Waals surface area contributed by atoms with Crippen LogP contribution in [0, 0.1) is 11.7 Å². The van der Waals surface area contributed by atoms with Gasteiger partial charge in [0.05, 0.1) is 37.0 Å². The van der Waals surface area contributed by atoms with Crippen molar-refractivity contribution in [2.75, 3.05) is 13.2 Å². The van der Waals surface area contributed by atoms with Crippen LogP contribution in [0.4, 0.5) is 4.39 Å². The van der Waals surface area contributed by atoms with Gasteiger partial charge >= 0.3 is 0 Å². The van der Waals surface area contributed by atoms with E-state index in [1.807, 2.05) is 10.6 Å². The topological polar surface area (TPSA) is 47.3 Å². The molecule has 20 heavy (non-hydrogen) atoms. The molecule has 0 aliphatic carbocycles. The van der Waals surface area contributed by atoms with Gasteiger partial charge in [-0.1, -0.05) is 12.1 Å². The van der Waals surface area contributed by atoms with Crippen molar-refractivity contribution in [3.63, 3.8) is 0 Å². The minimum Gasteiger partial charge on any atom is -0.390 e. The second-order valence-corrected chi connectivity index (χ2v) is 5.43. The molecule has 2 aliphatic rings. The third-order valence-electron chi connectivity index (χ3n) is 4.37. The van der Waals surface area contributed by atoms with Gasteiger partial charge in [-0.25, -0.2) is 9.37 Å². The standard InChI is InChI=1S/C15H15FN2O2/c16-11-3-1-2-9-12-6-17-8-18(12)15(14(9)11)10-4-5-20-7-13(10)19/h1-3,6,8,10,13,15,19H,4-5,7H2/t10-,13-,15-/m0/s1. The quantitative estimate of drug-likeness (QED) is 0.865. The summed E-state index contributed by atoms with van der Waals surface area (Å²) in [5.74, 6) is -0.259. The molecule has 1 aromatic heterocycles. The number of rotatable bonds is 1. The van der Waals surface area contributed by atoms with Gasteiger partial charge in [-0.3, -0.25) is 0 Å². The molecule has 4 rings (SSSR count). The van der Waals surface area contributed by atoms with Crippen molar-refractivity contribution in [1.29, 1.82) is 0 Å². The summed E-state index contributed by atoms with van der Waals surface area (Å²) in [5.41, 5.74) is 2.48. The molecular weight excluding hydrogens is 259 g/mol. The Morgan fingerprint density at radius 3 is 3.15 bits per heavy atom. The summed E-state index contributed by atoms with van der Waals surface area (Å²) in [7, 11) is 0. The van der Waals surface area contributed by atoms with E-state index >= 15 is 0 Å². The van der Waals surface area contributed by atoms with Gasteiger partial charge in [-0.15, -0.1) is 0 Å². The zero-order valence-corrected chi connectivity index (χ0v) is 10.9. The van der Waals surface area contributed by atoms with Gasteiger partial charge < -0.3 is 14.4 Å². The number of aliphatic hydroxyl groups excluding tert-OH is 1. The molecule has 1 fully saturated rings. The minimum atomic E-state index is -0.574. The van der Waals surface area contributed by atoms with Crippen molar-refractivity contribution in [2.45, 2.75) is 18.6 Å². The van der Waals surface area contributed by atoms with Gasteiger partial charge in [-0.05, 0) is 12.5 Å². The summed E-state index contributed by atoms with van der Waals surface area (Å²) < 4.78 is 21.6. The van der Waals surface area contributed by atoms with E-state index in [-0.39, 0.29) is 17.8 Å². The van der Waals surface area contributed by atoms with Crippen molar-refractivity contribution >= 4 is 0 Å². The number of halogens is 1. The van der Waals surface area contributed by atoms with Gasteiger partial charge in [0.25, 0.3) is 0 Å². The second-order valence-electron chi connectivity index (χ2n) is 5.43. The van der Waals surface area contributed by atoms with Gasteiger partial charge in [-0.2, -0.15) is 0 Å². The number of aliphatic hydroxyl groups is 1. The summed E-state index contributed by atoms with van der Waals surface area (Å²) >= 11 is 0. The van der Waals surface area contributed by atoms with E-state index in [1.165, 1.54) is 6.07 Å². The average Bonchev–Trinajstić information content (AvgIpc) is 3.01. The predicted molar refractivity (Wildman–Crippen MR) is 70.7 cm³/mol. The predicted octanol–water partition coefficient (Wildman–Crippen LogP) is 1.99. The van der Waals surface area contributed by atoms with Crippen molar-refractivity contribution in [3.05, 3.63) is 42.1 Å². The Kier molecular flexibility index (Phi) is 2.65. The van der Waals surface area contributed by atoms with E-state index in [2.05, 4.69) is 4.98 Å². The second kappa shape index (κ2) is 4.40. The lowest BCUT2D eigenvalue weighted by Gasteiger charge is -2.33. The maximum absolute atomic E-state index is 14.3. The molecule has 2 aliphatic heterocycles. The molecule has 2 aromatic rings. The number of nitrogens with zero attached hydrogens (tertiary/aromatic N) is 2. The van der Waals surface area contributed by atoms with Crippen LogP contribution >= 0.6 is 0 Å². The Labute approximate surface area is 115 Å². The van der Waals surface area contributed by atoms with Crippen molar-refractivity contribution < 1.29 is 14.2 Å². The highest BCUT2D eigenvalue weighted by molar-refractivity contribution is 5.69. The number of hydrogen-bond acceptors (Lipinski definition) is 3. The number of benzene rings is 1. The zero-order chi connectivity index (χ0) is 13.7. The minimum absolute atomic E-state index is 0.0464. The molecule has 3 atom stereocenters. The Balaban J connectivity index is 1.88. The molecule has 0 unspecified atom stereocenters. The van der Waals surface area contributed by atoms with Gasteiger partial charge in [0.1, 0.15) is 5.82 Å². The molecule has 0 spiro atoms. The van der Waals surface area contributed by atoms with Crippen LogP contribution in [0.15, 0.2) is 30.7 Å². The summed E-state index contributed by atoms with van der Waals surface area (Å²) in [6.07, 6.45) is 3.62. The van der Waals surface area contributed by atoms with Crippen molar-refractivity contribution in [2.24, 2.45) is 5.92 Å². The maximum atomic E-state index is 14.3. The summed E-state index contributed by atoms with van der Waals surface area (Å²) in [5, 5.41) is 10.2. The molecule has 5 heteroatoms. The molecular formula is C15H15FN2O2. The van der Waals surface area contributed by atoms with Gasteiger partial charge in [0.2, 0.25) is 0 Å². The van der Waals surface area contributed by atoms with Crippen LogP contribution in [0.2, 0.25) is 0 Å². The molecule has 1 N–H and O–H groups in total. The monoisotopic (exact) mass is 274 g/mol. The van der Waals surface area contributed by atoms with Crippen LogP contribution in [0.3, 0.4) is 0 Å². The fraction of sp³-hybridized carbons (Fsp3) is 0.400. The molecule has 104 valence electrons. The Hall–Kier alpha value is -1.72. The van der Waals surface area contributed by atoms with E-state index < -0.39 is 6.10 Å². The van der Waals surface area contributed by atoms with Crippen LogP contribution < -0.4 is 0 Å². The first-order valence-corrected chi connectivity index (χ1v) is 6.84. The largest absolute Gasteiger partial charge is 0.390 e. The van der Waals surface area contributed by atoms with E-state index in [0.29, 0.717) is 18.8 Å². The molecule has 0 bridgehead atoms. The Bertz CT molecular complexity index is 655. The van der Waals surface area contributed by atoms with Crippen molar-refractivity contribution in [1.82, 2.24) is 9.55 Å². The molecule has 3 heterocycles. The number of hydrogen-bond donors (Lipinski definition) is 1. The van der Waals surface area contributed by atoms with E-state index in [0.717, 1.165) is 17.7 Å². The summed E-state index contributed by atoms with van der Waals surface area (Å²) in [6, 6.07) is 4.92. The lowest BCUT2D eigenvalue weighted by molar-refractivity contribution is -0.0543. The summed E-state index contributed by atoms with van der Waals surface area (Å²) in [4.78, 5) is 4.17. The zero-order valence-electron chi connectivity index (χ0n) is 10.9. The molecule has 0 amide bonds. The number of fused-ring (bicyclic) bond motifs is 3. The highest BCUT2D eigenvalue weighted by atomic mass is 19.1. The highest BCUT2D eigenvalue weighted by Crippen LogP contribution is 2.46. The molecule has 1 saturated heterocycles. The lowest BCUT2D eigenvalue weighted by Crippen LogP contribution is -2.37. The number of aromatic nitrogens is 2. The SMILES string of the molecule is O[C@H]1COCC[C@@H]1[C@H]1c2c(F)cccc2-c2cncn21. The first kappa shape index (κ1) is 12.1. The molecule has 0 saturated carbocycles. The molecule has 0 radical (unpaired) electrons. The van der Waals surface area contributed by atoms with Gasteiger partial charge in [0, 0.05) is 23.7 Å². The van der Waals surface area contributed by atoms with Crippen LogP contribution in [0.5, 0.6) is 0 Å². The van der Waals surface area contributed by atoms with Crippen LogP contribution in [-0.4, -0.2) is 34.0 Å². The van der Waals surface area contributed by atoms with Crippen LogP contribution in [0.25, 0.3) is 11.3 Å². The van der Waals surface area contributed by atoms with Gasteiger partial charge in [0.15, 0.2) is 0 Å². The fourth-order valence-electron chi connectivity index (χ4n) is 3.46. The fourth-order valence-corrected chi connectivity index (χ4v) is 3.46. The number of ether oxygens (including phenoxy) is 1.